The molecule has 0 aliphatic rings. The number of aromatic nitrogens is 2. The van der Waals surface area contributed by atoms with Crippen molar-refractivity contribution in [2.75, 3.05) is 6.61 Å². The number of nitrogens with zero attached hydrogens (tertiary/aromatic N) is 1. The summed E-state index contributed by atoms with van der Waals surface area (Å²) < 4.78 is 25.8. The molecule has 0 amide bonds. The first-order chi connectivity index (χ1) is 11.1. The zero-order chi connectivity index (χ0) is 16.3. The van der Waals surface area contributed by atoms with E-state index in [-0.39, 0.29) is 16.5 Å². The van der Waals surface area contributed by atoms with Crippen LogP contribution < -0.4 is 0 Å². The maximum Gasteiger partial charge on any atom is 0.226 e. The summed E-state index contributed by atoms with van der Waals surface area (Å²) >= 11 is 0. The summed E-state index contributed by atoms with van der Waals surface area (Å²) in [5, 5.41) is 16.0. The predicted octanol–water partition coefficient (Wildman–Crippen LogP) is 2.44. The third-order valence-electron chi connectivity index (χ3n) is 3.54. The van der Waals surface area contributed by atoms with E-state index < -0.39 is 9.84 Å². The molecule has 2 N–H and O–H groups in total. The topological polar surface area (TPSA) is 83.0 Å². The molecule has 2 aromatic carbocycles. The van der Waals surface area contributed by atoms with Gasteiger partial charge in [-0.05, 0) is 17.7 Å². The first kappa shape index (κ1) is 15.5. The minimum atomic E-state index is -3.74. The zero-order valence-corrected chi connectivity index (χ0v) is 13.1. The zero-order valence-electron chi connectivity index (χ0n) is 12.3. The average molecular weight is 328 g/mol. The second-order valence-corrected chi connectivity index (χ2v) is 6.90. The van der Waals surface area contributed by atoms with Crippen molar-refractivity contribution in [1.29, 1.82) is 0 Å². The van der Waals surface area contributed by atoms with Gasteiger partial charge in [0, 0.05) is 24.3 Å². The van der Waals surface area contributed by atoms with Crippen LogP contribution in [0.1, 0.15) is 5.69 Å². The van der Waals surface area contributed by atoms with Gasteiger partial charge in [-0.1, -0.05) is 48.5 Å². The number of hydrogen-bond donors (Lipinski definition) is 2. The fraction of sp³-hybridized carbons (Fsp3) is 0.118. The summed E-state index contributed by atoms with van der Waals surface area (Å²) in [7, 11) is -3.74. The maximum atomic E-state index is 12.9. The number of H-pyrrole nitrogens is 1. The first-order valence-corrected chi connectivity index (χ1v) is 8.66. The molecular weight excluding hydrogens is 312 g/mol. The number of aliphatic hydroxyl groups excluding tert-OH is 1. The van der Waals surface area contributed by atoms with Gasteiger partial charge in [-0.3, -0.25) is 5.10 Å². The van der Waals surface area contributed by atoms with E-state index in [1.807, 2.05) is 30.3 Å². The molecule has 0 radical (unpaired) electrons. The van der Waals surface area contributed by atoms with Crippen molar-refractivity contribution in [3.8, 4) is 11.1 Å². The average Bonchev–Trinajstić information content (AvgIpc) is 3.01. The molecule has 0 saturated heterocycles. The van der Waals surface area contributed by atoms with E-state index in [0.717, 1.165) is 5.56 Å². The van der Waals surface area contributed by atoms with Gasteiger partial charge in [-0.15, -0.1) is 0 Å². The lowest BCUT2D eigenvalue weighted by molar-refractivity contribution is 0.298. The highest BCUT2D eigenvalue weighted by molar-refractivity contribution is 7.91. The summed E-state index contributed by atoms with van der Waals surface area (Å²) in [6, 6.07) is 17.4. The maximum absolute atomic E-state index is 12.9. The second-order valence-electron chi connectivity index (χ2n) is 5.04. The van der Waals surface area contributed by atoms with Crippen LogP contribution in [-0.2, 0) is 16.3 Å². The van der Waals surface area contributed by atoms with E-state index in [4.69, 9.17) is 0 Å². The van der Waals surface area contributed by atoms with Crippen molar-refractivity contribution in [1.82, 2.24) is 10.2 Å². The van der Waals surface area contributed by atoms with Gasteiger partial charge in [0.25, 0.3) is 0 Å². The number of sulfone groups is 1. The molecule has 0 bridgehead atoms. The highest BCUT2D eigenvalue weighted by Gasteiger charge is 2.27. The van der Waals surface area contributed by atoms with Crippen LogP contribution in [0.4, 0.5) is 0 Å². The molecule has 3 rings (SSSR count). The van der Waals surface area contributed by atoms with Gasteiger partial charge >= 0.3 is 0 Å². The van der Waals surface area contributed by atoms with E-state index >= 15 is 0 Å². The molecule has 0 aliphatic carbocycles. The molecule has 0 unspecified atom stereocenters. The molecule has 0 fully saturated rings. The minimum absolute atomic E-state index is 0.0154. The van der Waals surface area contributed by atoms with E-state index in [9.17, 15) is 13.5 Å². The van der Waals surface area contributed by atoms with Crippen molar-refractivity contribution in [3.05, 3.63) is 66.4 Å². The summed E-state index contributed by atoms with van der Waals surface area (Å²) in [5.41, 5.74) is 1.87. The largest absolute Gasteiger partial charge is 0.396 e. The Labute approximate surface area is 134 Å². The predicted molar refractivity (Wildman–Crippen MR) is 86.7 cm³/mol. The highest BCUT2D eigenvalue weighted by atomic mass is 32.2. The molecule has 6 heteroatoms. The van der Waals surface area contributed by atoms with E-state index in [2.05, 4.69) is 10.2 Å². The van der Waals surface area contributed by atoms with Crippen LogP contribution >= 0.6 is 0 Å². The molecule has 0 spiro atoms. The van der Waals surface area contributed by atoms with Crippen molar-refractivity contribution in [3.63, 3.8) is 0 Å². The van der Waals surface area contributed by atoms with Crippen LogP contribution in [0.3, 0.4) is 0 Å². The van der Waals surface area contributed by atoms with Crippen LogP contribution in [-0.4, -0.2) is 30.3 Å². The van der Waals surface area contributed by atoms with Crippen LogP contribution in [0.15, 0.2) is 70.6 Å². The van der Waals surface area contributed by atoms with Gasteiger partial charge < -0.3 is 5.11 Å². The first-order valence-electron chi connectivity index (χ1n) is 7.18. The Morgan fingerprint density at radius 3 is 2.17 bits per heavy atom. The second kappa shape index (κ2) is 6.36. The lowest BCUT2D eigenvalue weighted by atomic mass is 10.1. The monoisotopic (exact) mass is 328 g/mol. The summed E-state index contributed by atoms with van der Waals surface area (Å²) in [4.78, 5) is 0.194. The summed E-state index contributed by atoms with van der Waals surface area (Å²) in [5.74, 6) is 0. The van der Waals surface area contributed by atoms with E-state index in [0.29, 0.717) is 17.7 Å². The van der Waals surface area contributed by atoms with Crippen molar-refractivity contribution in [2.45, 2.75) is 16.3 Å². The lowest BCUT2D eigenvalue weighted by Gasteiger charge is -2.07. The molecule has 0 saturated carbocycles. The van der Waals surface area contributed by atoms with Gasteiger partial charge in [-0.25, -0.2) is 8.42 Å². The Bertz CT molecular complexity index is 888. The number of aromatic amines is 1. The normalized spacial score (nSPS) is 11.5. The molecule has 118 valence electrons. The molecule has 0 atom stereocenters. The Hall–Kier alpha value is -2.44. The summed E-state index contributed by atoms with van der Waals surface area (Å²) in [6.45, 7) is -0.0904. The lowest BCUT2D eigenvalue weighted by Crippen LogP contribution is -2.04. The van der Waals surface area contributed by atoms with Gasteiger partial charge in [-0.2, -0.15) is 5.10 Å². The smallest absolute Gasteiger partial charge is 0.226 e. The standard InChI is InChI=1S/C17H16N2O3S/c20-12-11-15-16(13-7-3-1-4-8-13)17(19-18-15)23(21,22)14-9-5-2-6-10-14/h1-10,20H,11-12H2,(H,18,19). The molecular formula is C17H16N2O3S. The molecule has 5 nitrogen and oxygen atoms in total. The minimum Gasteiger partial charge on any atom is -0.396 e. The number of rotatable bonds is 5. The van der Waals surface area contributed by atoms with Crippen LogP contribution in [0, 0.1) is 0 Å². The van der Waals surface area contributed by atoms with Crippen LogP contribution in [0.25, 0.3) is 11.1 Å². The Morgan fingerprint density at radius 2 is 1.57 bits per heavy atom. The Morgan fingerprint density at radius 1 is 0.957 bits per heavy atom. The Kier molecular flexibility index (Phi) is 4.27. The molecule has 1 aromatic heterocycles. The van der Waals surface area contributed by atoms with Crippen molar-refractivity contribution < 1.29 is 13.5 Å². The number of benzene rings is 2. The SMILES string of the molecule is O=S(=O)(c1ccccc1)c1n[nH]c(CCO)c1-c1ccccc1. The van der Waals surface area contributed by atoms with Crippen LogP contribution in [0.2, 0.25) is 0 Å². The van der Waals surface area contributed by atoms with Crippen molar-refractivity contribution in [2.24, 2.45) is 0 Å². The highest BCUT2D eigenvalue weighted by Crippen LogP contribution is 2.32. The van der Waals surface area contributed by atoms with Gasteiger partial charge in [0.2, 0.25) is 9.84 Å². The number of nitrogens with one attached hydrogen (secondary N) is 1. The fourth-order valence-electron chi connectivity index (χ4n) is 2.46. The molecule has 23 heavy (non-hydrogen) atoms. The molecule has 0 aliphatic heterocycles. The summed E-state index contributed by atoms with van der Waals surface area (Å²) in [6.07, 6.45) is 0.307. The van der Waals surface area contributed by atoms with Gasteiger partial charge in [0.1, 0.15) is 0 Å². The molecule has 1 heterocycles. The van der Waals surface area contributed by atoms with Gasteiger partial charge in [0.05, 0.1) is 4.90 Å². The van der Waals surface area contributed by atoms with Gasteiger partial charge in [0.15, 0.2) is 5.03 Å². The third-order valence-corrected chi connectivity index (χ3v) is 5.24. The molecule has 3 aromatic rings. The Balaban J connectivity index is 2.21. The van der Waals surface area contributed by atoms with Crippen LogP contribution in [0.5, 0.6) is 0 Å². The fourth-order valence-corrected chi connectivity index (χ4v) is 3.87. The third kappa shape index (κ3) is 2.91. The van der Waals surface area contributed by atoms with E-state index in [1.165, 1.54) is 0 Å². The quantitative estimate of drug-likeness (QED) is 0.753. The van der Waals surface area contributed by atoms with Crippen molar-refractivity contribution >= 4 is 9.84 Å². The number of hydrogen-bond acceptors (Lipinski definition) is 4. The number of aliphatic hydroxyl groups is 1. The van der Waals surface area contributed by atoms with E-state index in [1.54, 1.807) is 30.3 Å².